The highest BCUT2D eigenvalue weighted by Crippen LogP contribution is 2.30. The Balaban J connectivity index is 0.00000338. The zero-order valence-corrected chi connectivity index (χ0v) is 18.0. The van der Waals surface area contributed by atoms with Crippen LogP contribution >= 0.6 is 24.0 Å². The Labute approximate surface area is 172 Å². The van der Waals surface area contributed by atoms with Gasteiger partial charge in [-0.25, -0.2) is 0 Å². The molecule has 0 saturated carbocycles. The molecular weight excluding hydrogens is 443 g/mol. The van der Waals surface area contributed by atoms with Gasteiger partial charge >= 0.3 is 0 Å². The number of rotatable bonds is 7. The van der Waals surface area contributed by atoms with Crippen LogP contribution in [-0.4, -0.2) is 38.3 Å². The summed E-state index contributed by atoms with van der Waals surface area (Å²) >= 11 is 0. The summed E-state index contributed by atoms with van der Waals surface area (Å²) in [6.45, 7) is 5.27. The second kappa shape index (κ2) is 11.6. The number of aliphatic imine (C=N–C) groups is 1. The fourth-order valence-electron chi connectivity index (χ4n) is 2.31. The molecule has 142 valence electrons. The normalized spacial score (nSPS) is 10.7. The summed E-state index contributed by atoms with van der Waals surface area (Å²) in [7, 11) is 3.38. The number of nitrogens with zero attached hydrogens (tertiary/aromatic N) is 2. The van der Waals surface area contributed by atoms with E-state index in [0.717, 1.165) is 24.3 Å². The summed E-state index contributed by atoms with van der Waals surface area (Å²) in [5.41, 5.74) is 3.10. The van der Waals surface area contributed by atoms with Crippen molar-refractivity contribution in [3.8, 4) is 11.5 Å². The van der Waals surface area contributed by atoms with Gasteiger partial charge in [-0.1, -0.05) is 6.07 Å². The molecule has 2 N–H and O–H groups in total. The van der Waals surface area contributed by atoms with Crippen molar-refractivity contribution >= 4 is 35.6 Å². The van der Waals surface area contributed by atoms with Crippen molar-refractivity contribution in [3.05, 3.63) is 47.8 Å². The summed E-state index contributed by atoms with van der Waals surface area (Å²) < 4.78 is 10.9. The molecule has 0 bridgehead atoms. The minimum atomic E-state index is 0. The molecule has 0 spiro atoms. The molecule has 0 aliphatic rings. The van der Waals surface area contributed by atoms with E-state index in [1.807, 2.05) is 44.3 Å². The monoisotopic (exact) mass is 470 g/mol. The van der Waals surface area contributed by atoms with Gasteiger partial charge in [0, 0.05) is 37.2 Å². The van der Waals surface area contributed by atoms with Crippen molar-refractivity contribution in [2.24, 2.45) is 4.99 Å². The number of anilines is 1. The molecule has 0 saturated heterocycles. The molecule has 0 unspecified atom stereocenters. The standard InChI is InChI=1S/C19H26N4O2.HI/c1-5-25-18-12-16(8-9-17(18)24-4)23-19(20-3)21-11-10-15-7-6-14(2)22-13-15;/h6-9,12-13H,5,10-11H2,1-4H3,(H2,20,21,23);1H. The lowest BCUT2D eigenvalue weighted by Crippen LogP contribution is -2.32. The predicted molar refractivity (Wildman–Crippen MR) is 117 cm³/mol. The molecule has 7 heteroatoms. The van der Waals surface area contributed by atoms with Gasteiger partial charge in [-0.15, -0.1) is 24.0 Å². The Morgan fingerprint density at radius 2 is 2.00 bits per heavy atom. The Morgan fingerprint density at radius 1 is 1.19 bits per heavy atom. The Morgan fingerprint density at radius 3 is 2.62 bits per heavy atom. The predicted octanol–water partition coefficient (Wildman–Crippen LogP) is 3.65. The summed E-state index contributed by atoms with van der Waals surface area (Å²) in [6.07, 6.45) is 2.78. The maximum Gasteiger partial charge on any atom is 0.195 e. The van der Waals surface area contributed by atoms with Crippen LogP contribution < -0.4 is 20.1 Å². The number of nitrogens with one attached hydrogen (secondary N) is 2. The van der Waals surface area contributed by atoms with Crippen molar-refractivity contribution in [1.82, 2.24) is 10.3 Å². The Hall–Kier alpha value is -2.03. The quantitative estimate of drug-likeness (QED) is 0.368. The number of hydrogen-bond acceptors (Lipinski definition) is 4. The number of ether oxygens (including phenoxy) is 2. The fraction of sp³-hybridized carbons (Fsp3) is 0.368. The van der Waals surface area contributed by atoms with Gasteiger partial charge in [-0.05, 0) is 44.0 Å². The average molecular weight is 470 g/mol. The van der Waals surface area contributed by atoms with E-state index in [1.165, 1.54) is 5.56 Å². The molecule has 1 aromatic heterocycles. The summed E-state index contributed by atoms with van der Waals surface area (Å²) in [5.74, 6) is 2.12. The van der Waals surface area contributed by atoms with Gasteiger partial charge in [0.05, 0.1) is 13.7 Å². The Bertz CT molecular complexity index is 705. The van der Waals surface area contributed by atoms with Crippen LogP contribution in [0.25, 0.3) is 0 Å². The summed E-state index contributed by atoms with van der Waals surface area (Å²) in [6, 6.07) is 9.82. The number of benzene rings is 1. The molecule has 0 atom stereocenters. The average Bonchev–Trinajstić information content (AvgIpc) is 2.63. The highest BCUT2D eigenvalue weighted by molar-refractivity contribution is 14.0. The van der Waals surface area contributed by atoms with Crippen LogP contribution in [0.3, 0.4) is 0 Å². The minimum absolute atomic E-state index is 0. The number of methoxy groups -OCH3 is 1. The molecule has 6 nitrogen and oxygen atoms in total. The number of aromatic nitrogens is 1. The number of pyridine rings is 1. The third kappa shape index (κ3) is 6.70. The lowest BCUT2D eigenvalue weighted by molar-refractivity contribution is 0.311. The van der Waals surface area contributed by atoms with Crippen LogP contribution in [0, 0.1) is 6.92 Å². The van der Waals surface area contributed by atoms with Crippen LogP contribution in [0.4, 0.5) is 5.69 Å². The van der Waals surface area contributed by atoms with E-state index in [0.29, 0.717) is 24.1 Å². The van der Waals surface area contributed by atoms with Crippen LogP contribution in [-0.2, 0) is 6.42 Å². The topological polar surface area (TPSA) is 67.8 Å². The van der Waals surface area contributed by atoms with Gasteiger partial charge in [-0.3, -0.25) is 9.98 Å². The van der Waals surface area contributed by atoms with E-state index in [2.05, 4.69) is 26.7 Å². The van der Waals surface area contributed by atoms with Crippen molar-refractivity contribution in [2.75, 3.05) is 32.6 Å². The fourth-order valence-corrected chi connectivity index (χ4v) is 2.31. The SMILES string of the molecule is CCOc1cc(NC(=NC)NCCc2ccc(C)nc2)ccc1OC.I. The van der Waals surface area contributed by atoms with E-state index in [1.54, 1.807) is 14.2 Å². The second-order valence-corrected chi connectivity index (χ2v) is 5.48. The van der Waals surface area contributed by atoms with Gasteiger partial charge in [-0.2, -0.15) is 0 Å². The highest BCUT2D eigenvalue weighted by atomic mass is 127. The molecule has 0 aliphatic heterocycles. The first-order valence-electron chi connectivity index (χ1n) is 8.36. The molecule has 2 rings (SSSR count). The van der Waals surface area contributed by atoms with E-state index >= 15 is 0 Å². The maximum absolute atomic E-state index is 5.60. The van der Waals surface area contributed by atoms with Gasteiger partial charge in [0.1, 0.15) is 0 Å². The number of hydrogen-bond donors (Lipinski definition) is 2. The van der Waals surface area contributed by atoms with Crippen LogP contribution in [0.2, 0.25) is 0 Å². The number of guanidine groups is 1. The molecule has 2 aromatic rings. The first-order valence-corrected chi connectivity index (χ1v) is 8.36. The Kier molecular flexibility index (Phi) is 9.79. The van der Waals surface area contributed by atoms with Gasteiger partial charge in [0.2, 0.25) is 0 Å². The lowest BCUT2D eigenvalue weighted by Gasteiger charge is -2.14. The lowest BCUT2D eigenvalue weighted by atomic mass is 10.2. The van der Waals surface area contributed by atoms with Gasteiger partial charge < -0.3 is 20.1 Å². The minimum Gasteiger partial charge on any atom is -0.493 e. The smallest absolute Gasteiger partial charge is 0.195 e. The number of aryl methyl sites for hydroxylation is 1. The number of halogens is 1. The summed E-state index contributed by atoms with van der Waals surface area (Å²) in [4.78, 5) is 8.56. The first-order chi connectivity index (χ1) is 12.2. The molecule has 1 aromatic carbocycles. The van der Waals surface area contributed by atoms with E-state index in [-0.39, 0.29) is 24.0 Å². The third-order valence-corrected chi connectivity index (χ3v) is 3.63. The molecule has 0 fully saturated rings. The first kappa shape index (κ1) is 22.0. The van der Waals surface area contributed by atoms with E-state index in [9.17, 15) is 0 Å². The zero-order valence-electron chi connectivity index (χ0n) is 15.7. The molecule has 0 radical (unpaired) electrons. The van der Waals surface area contributed by atoms with Crippen LogP contribution in [0.15, 0.2) is 41.5 Å². The molecular formula is C19H27IN4O2. The van der Waals surface area contributed by atoms with Crippen molar-refractivity contribution in [3.63, 3.8) is 0 Å². The largest absolute Gasteiger partial charge is 0.493 e. The van der Waals surface area contributed by atoms with Crippen LogP contribution in [0.1, 0.15) is 18.2 Å². The van der Waals surface area contributed by atoms with E-state index in [4.69, 9.17) is 9.47 Å². The maximum atomic E-state index is 5.60. The van der Waals surface area contributed by atoms with E-state index < -0.39 is 0 Å². The van der Waals surface area contributed by atoms with Gasteiger partial charge in [0.15, 0.2) is 17.5 Å². The van der Waals surface area contributed by atoms with Crippen molar-refractivity contribution < 1.29 is 9.47 Å². The molecule has 0 amide bonds. The third-order valence-electron chi connectivity index (χ3n) is 3.63. The molecule has 1 heterocycles. The van der Waals surface area contributed by atoms with Crippen molar-refractivity contribution in [2.45, 2.75) is 20.3 Å². The summed E-state index contributed by atoms with van der Waals surface area (Å²) in [5, 5.41) is 6.56. The van der Waals surface area contributed by atoms with Crippen molar-refractivity contribution in [1.29, 1.82) is 0 Å². The van der Waals surface area contributed by atoms with Gasteiger partial charge in [0.25, 0.3) is 0 Å². The highest BCUT2D eigenvalue weighted by Gasteiger charge is 2.07. The molecule has 0 aliphatic carbocycles. The molecule has 26 heavy (non-hydrogen) atoms. The zero-order chi connectivity index (χ0) is 18.1. The van der Waals surface area contributed by atoms with Crippen LogP contribution in [0.5, 0.6) is 11.5 Å². The second-order valence-electron chi connectivity index (χ2n) is 5.48.